The summed E-state index contributed by atoms with van der Waals surface area (Å²) in [5.74, 6) is -0.0108. The van der Waals surface area contributed by atoms with Crippen LogP contribution in [0.5, 0.6) is 0 Å². The quantitative estimate of drug-likeness (QED) is 0.843. The number of aromatic nitrogens is 1. The molecule has 1 aromatic heterocycles. The molecular formula is C17H24N2O4. The van der Waals surface area contributed by atoms with E-state index in [4.69, 9.17) is 9.47 Å². The minimum absolute atomic E-state index is 0.201. The van der Waals surface area contributed by atoms with E-state index in [1.54, 1.807) is 27.7 Å². The van der Waals surface area contributed by atoms with Crippen LogP contribution in [-0.4, -0.2) is 29.3 Å². The Morgan fingerprint density at radius 1 is 1.30 bits per heavy atom. The van der Waals surface area contributed by atoms with Crippen molar-refractivity contribution in [2.75, 3.05) is 6.61 Å². The number of alkyl carbamates (subject to hydrolysis) is 1. The SMILES string of the molecule is CCOC(=O)c1nc(CNC(=O)OC(C)(C)C)ccc1C1CC1. The maximum Gasteiger partial charge on any atom is 0.407 e. The summed E-state index contributed by atoms with van der Waals surface area (Å²) in [6.45, 7) is 7.68. The van der Waals surface area contributed by atoms with Crippen LogP contribution in [0.3, 0.4) is 0 Å². The lowest BCUT2D eigenvalue weighted by Gasteiger charge is -2.19. The van der Waals surface area contributed by atoms with E-state index in [2.05, 4.69) is 10.3 Å². The van der Waals surface area contributed by atoms with Gasteiger partial charge in [-0.1, -0.05) is 6.07 Å². The molecule has 1 aliphatic rings. The molecule has 0 spiro atoms. The highest BCUT2D eigenvalue weighted by atomic mass is 16.6. The van der Waals surface area contributed by atoms with Crippen LogP contribution in [0.4, 0.5) is 4.79 Å². The minimum atomic E-state index is -0.552. The Kier molecular flexibility index (Phi) is 5.23. The first-order valence-corrected chi connectivity index (χ1v) is 7.94. The van der Waals surface area contributed by atoms with Crippen molar-refractivity contribution < 1.29 is 19.1 Å². The van der Waals surface area contributed by atoms with E-state index < -0.39 is 17.7 Å². The number of hydrogen-bond acceptors (Lipinski definition) is 5. The normalized spacial score (nSPS) is 14.3. The van der Waals surface area contributed by atoms with Gasteiger partial charge in [-0.3, -0.25) is 0 Å². The predicted octanol–water partition coefficient (Wildman–Crippen LogP) is 3.16. The third kappa shape index (κ3) is 5.23. The van der Waals surface area contributed by atoms with Gasteiger partial charge in [0.15, 0.2) is 5.69 Å². The summed E-state index contributed by atoms with van der Waals surface area (Å²) >= 11 is 0. The number of hydrogen-bond donors (Lipinski definition) is 1. The van der Waals surface area contributed by atoms with E-state index >= 15 is 0 Å². The molecule has 1 N–H and O–H groups in total. The van der Waals surface area contributed by atoms with Gasteiger partial charge in [0, 0.05) is 0 Å². The van der Waals surface area contributed by atoms with E-state index in [-0.39, 0.29) is 6.54 Å². The van der Waals surface area contributed by atoms with Crippen molar-refractivity contribution in [2.24, 2.45) is 0 Å². The van der Waals surface area contributed by atoms with Gasteiger partial charge in [0.2, 0.25) is 0 Å². The second-order valence-electron chi connectivity index (χ2n) is 6.59. The van der Waals surface area contributed by atoms with E-state index in [9.17, 15) is 9.59 Å². The van der Waals surface area contributed by atoms with Gasteiger partial charge in [0.1, 0.15) is 5.60 Å². The van der Waals surface area contributed by atoms with Crippen LogP contribution >= 0.6 is 0 Å². The molecule has 1 saturated carbocycles. The molecule has 0 atom stereocenters. The average molecular weight is 320 g/mol. The molecule has 126 valence electrons. The van der Waals surface area contributed by atoms with Crippen LogP contribution in [0.25, 0.3) is 0 Å². The number of ether oxygens (including phenoxy) is 2. The van der Waals surface area contributed by atoms with Crippen molar-refractivity contribution in [1.82, 2.24) is 10.3 Å². The van der Waals surface area contributed by atoms with Crippen LogP contribution in [0, 0.1) is 0 Å². The van der Waals surface area contributed by atoms with Crippen LogP contribution in [0.15, 0.2) is 12.1 Å². The monoisotopic (exact) mass is 320 g/mol. The van der Waals surface area contributed by atoms with Crippen molar-refractivity contribution >= 4 is 12.1 Å². The van der Waals surface area contributed by atoms with Gasteiger partial charge in [-0.25, -0.2) is 14.6 Å². The van der Waals surface area contributed by atoms with E-state index in [1.807, 2.05) is 12.1 Å². The zero-order valence-electron chi connectivity index (χ0n) is 14.1. The summed E-state index contributed by atoms with van der Waals surface area (Å²) < 4.78 is 10.3. The second kappa shape index (κ2) is 6.98. The number of nitrogens with zero attached hydrogens (tertiary/aromatic N) is 1. The fourth-order valence-electron chi connectivity index (χ4n) is 2.17. The lowest BCUT2D eigenvalue weighted by atomic mass is 10.1. The van der Waals surface area contributed by atoms with E-state index in [1.165, 1.54) is 0 Å². The fourth-order valence-corrected chi connectivity index (χ4v) is 2.17. The Balaban J connectivity index is 2.06. The minimum Gasteiger partial charge on any atom is -0.461 e. The number of rotatable bonds is 5. The first-order valence-electron chi connectivity index (χ1n) is 7.94. The summed E-state index contributed by atoms with van der Waals surface area (Å²) in [4.78, 5) is 28.1. The van der Waals surface area contributed by atoms with Gasteiger partial charge < -0.3 is 14.8 Å². The molecule has 0 aliphatic heterocycles. The third-order valence-electron chi connectivity index (χ3n) is 3.28. The molecule has 1 heterocycles. The van der Waals surface area contributed by atoms with E-state index in [0.29, 0.717) is 23.9 Å². The molecular weight excluding hydrogens is 296 g/mol. The lowest BCUT2D eigenvalue weighted by Crippen LogP contribution is -2.32. The highest BCUT2D eigenvalue weighted by Crippen LogP contribution is 2.41. The van der Waals surface area contributed by atoms with Crippen molar-refractivity contribution in [2.45, 2.75) is 58.6 Å². The van der Waals surface area contributed by atoms with Gasteiger partial charge in [-0.15, -0.1) is 0 Å². The zero-order valence-corrected chi connectivity index (χ0v) is 14.1. The van der Waals surface area contributed by atoms with Crippen LogP contribution in [-0.2, 0) is 16.0 Å². The smallest absolute Gasteiger partial charge is 0.407 e. The van der Waals surface area contributed by atoms with Gasteiger partial charge in [-0.2, -0.15) is 0 Å². The van der Waals surface area contributed by atoms with Gasteiger partial charge >= 0.3 is 12.1 Å². The molecule has 6 heteroatoms. The molecule has 0 aromatic carbocycles. The predicted molar refractivity (Wildman–Crippen MR) is 85.2 cm³/mol. The van der Waals surface area contributed by atoms with Crippen LogP contribution in [0.2, 0.25) is 0 Å². The Labute approximate surface area is 136 Å². The summed E-state index contributed by atoms with van der Waals surface area (Å²) in [6, 6.07) is 3.73. The molecule has 1 fully saturated rings. The maximum atomic E-state index is 12.1. The van der Waals surface area contributed by atoms with Gasteiger partial charge in [0.05, 0.1) is 18.8 Å². The molecule has 0 unspecified atom stereocenters. The number of nitrogens with one attached hydrogen (secondary N) is 1. The molecule has 6 nitrogen and oxygen atoms in total. The molecule has 0 radical (unpaired) electrons. The second-order valence-corrected chi connectivity index (χ2v) is 6.59. The largest absolute Gasteiger partial charge is 0.461 e. The number of pyridine rings is 1. The van der Waals surface area contributed by atoms with Crippen molar-refractivity contribution in [1.29, 1.82) is 0 Å². The highest BCUT2D eigenvalue weighted by molar-refractivity contribution is 5.89. The van der Waals surface area contributed by atoms with Crippen molar-refractivity contribution in [3.63, 3.8) is 0 Å². The number of amides is 1. The lowest BCUT2D eigenvalue weighted by molar-refractivity contribution is 0.0514. The third-order valence-corrected chi connectivity index (χ3v) is 3.28. The Morgan fingerprint density at radius 3 is 2.57 bits per heavy atom. The molecule has 23 heavy (non-hydrogen) atoms. The first kappa shape index (κ1) is 17.2. The first-order chi connectivity index (χ1) is 10.8. The van der Waals surface area contributed by atoms with E-state index in [0.717, 1.165) is 18.4 Å². The molecule has 2 rings (SSSR count). The fraction of sp³-hybridized carbons (Fsp3) is 0.588. The molecule has 1 aromatic rings. The van der Waals surface area contributed by atoms with Gasteiger partial charge in [-0.05, 0) is 58.1 Å². The number of esters is 1. The summed E-state index contributed by atoms with van der Waals surface area (Å²) in [5.41, 5.74) is 1.34. The van der Waals surface area contributed by atoms with Crippen LogP contribution < -0.4 is 5.32 Å². The van der Waals surface area contributed by atoms with Gasteiger partial charge in [0.25, 0.3) is 0 Å². The van der Waals surface area contributed by atoms with Crippen molar-refractivity contribution in [3.8, 4) is 0 Å². The van der Waals surface area contributed by atoms with Crippen LogP contribution in [0.1, 0.15) is 68.2 Å². The Morgan fingerprint density at radius 2 is 2.00 bits per heavy atom. The Bertz CT molecular complexity index is 589. The number of carbonyl (C=O) groups excluding carboxylic acids is 2. The summed E-state index contributed by atoms with van der Waals surface area (Å²) in [5, 5.41) is 2.64. The molecule has 1 amide bonds. The standard InChI is InChI=1S/C17H24N2O4/c1-5-22-15(20)14-13(11-6-7-11)9-8-12(19-14)10-18-16(21)23-17(2,3)4/h8-9,11H,5-7,10H2,1-4H3,(H,18,21). The topological polar surface area (TPSA) is 77.5 Å². The summed E-state index contributed by atoms with van der Waals surface area (Å²) in [7, 11) is 0. The average Bonchev–Trinajstić information content (AvgIpc) is 3.28. The molecule has 1 aliphatic carbocycles. The van der Waals surface area contributed by atoms with Crippen molar-refractivity contribution in [3.05, 3.63) is 29.1 Å². The highest BCUT2D eigenvalue weighted by Gasteiger charge is 2.29. The molecule has 0 bridgehead atoms. The number of carbonyl (C=O) groups is 2. The Hall–Kier alpha value is -2.11. The summed E-state index contributed by atoms with van der Waals surface area (Å²) in [6.07, 6.45) is 1.64. The zero-order chi connectivity index (χ0) is 17.0. The molecule has 0 saturated heterocycles. The maximum absolute atomic E-state index is 12.1.